The summed E-state index contributed by atoms with van der Waals surface area (Å²) in [6.07, 6.45) is 1.90. The first-order valence-corrected chi connectivity index (χ1v) is 4.48. The second-order valence-electron chi connectivity index (χ2n) is 3.63. The van der Waals surface area contributed by atoms with Crippen LogP contribution in [-0.4, -0.2) is 10.1 Å². The zero-order valence-electron chi connectivity index (χ0n) is 7.83. The zero-order valence-corrected chi connectivity index (χ0v) is 7.83. The number of aromatic nitrogens is 1. The minimum absolute atomic E-state index is 0.332. The normalized spacial score (nSPS) is 11.3. The molecule has 0 atom stereocenters. The number of aromatic amines is 1. The summed E-state index contributed by atoms with van der Waals surface area (Å²) >= 11 is 0. The molecule has 1 aromatic carbocycles. The van der Waals surface area contributed by atoms with Gasteiger partial charge in [0.2, 0.25) is 0 Å². The van der Waals surface area contributed by atoms with E-state index >= 15 is 0 Å². The maximum Gasteiger partial charge on any atom is 0.117 e. The van der Waals surface area contributed by atoms with Gasteiger partial charge in [0.1, 0.15) is 5.75 Å². The van der Waals surface area contributed by atoms with Crippen LogP contribution in [0.1, 0.15) is 25.3 Å². The first kappa shape index (κ1) is 8.17. The van der Waals surface area contributed by atoms with Crippen LogP contribution < -0.4 is 0 Å². The number of fused-ring (bicyclic) bond motifs is 1. The van der Waals surface area contributed by atoms with E-state index < -0.39 is 0 Å². The van der Waals surface area contributed by atoms with Gasteiger partial charge in [0.05, 0.1) is 0 Å². The van der Waals surface area contributed by atoms with Crippen LogP contribution in [0.3, 0.4) is 0 Å². The van der Waals surface area contributed by atoms with Crippen molar-refractivity contribution in [1.82, 2.24) is 4.98 Å². The lowest BCUT2D eigenvalue weighted by Crippen LogP contribution is -1.87. The van der Waals surface area contributed by atoms with Crippen molar-refractivity contribution in [2.45, 2.75) is 19.8 Å². The number of nitrogens with one attached hydrogen (secondary N) is 1. The molecule has 0 amide bonds. The Bertz CT molecular complexity index is 429. The third-order valence-corrected chi connectivity index (χ3v) is 2.31. The Balaban J connectivity index is 2.77. The highest BCUT2D eigenvalue weighted by Gasteiger charge is 2.07. The molecule has 1 aromatic heterocycles. The van der Waals surface area contributed by atoms with Gasteiger partial charge in [-0.3, -0.25) is 0 Å². The van der Waals surface area contributed by atoms with Gasteiger partial charge in [-0.05, 0) is 23.6 Å². The minimum atomic E-state index is 0.332. The van der Waals surface area contributed by atoms with Gasteiger partial charge in [-0.15, -0.1) is 0 Å². The Morgan fingerprint density at radius 1 is 1.31 bits per heavy atom. The molecule has 0 aliphatic heterocycles. The number of phenols is 1. The van der Waals surface area contributed by atoms with Gasteiger partial charge >= 0.3 is 0 Å². The van der Waals surface area contributed by atoms with Crippen molar-refractivity contribution in [1.29, 1.82) is 0 Å². The largest absolute Gasteiger partial charge is 0.508 e. The molecule has 0 aliphatic rings. The summed E-state index contributed by atoms with van der Waals surface area (Å²) in [6, 6.07) is 5.63. The molecule has 0 unspecified atom stereocenters. The predicted octanol–water partition coefficient (Wildman–Crippen LogP) is 3.00. The molecule has 0 spiro atoms. The second-order valence-corrected chi connectivity index (χ2v) is 3.63. The molecule has 68 valence electrons. The van der Waals surface area contributed by atoms with Crippen molar-refractivity contribution in [2.75, 3.05) is 0 Å². The lowest BCUT2D eigenvalue weighted by Gasteiger charge is -2.07. The van der Waals surface area contributed by atoms with E-state index in [1.54, 1.807) is 6.07 Å². The lowest BCUT2D eigenvalue weighted by atomic mass is 9.99. The molecule has 0 saturated carbocycles. The smallest absolute Gasteiger partial charge is 0.117 e. The molecule has 0 saturated heterocycles. The summed E-state index contributed by atoms with van der Waals surface area (Å²) in [5.74, 6) is 0.768. The van der Waals surface area contributed by atoms with Crippen LogP contribution in [0.5, 0.6) is 5.75 Å². The summed E-state index contributed by atoms with van der Waals surface area (Å²) in [5.41, 5.74) is 2.19. The van der Waals surface area contributed by atoms with Crippen molar-refractivity contribution in [2.24, 2.45) is 0 Å². The van der Waals surface area contributed by atoms with E-state index in [-0.39, 0.29) is 0 Å². The van der Waals surface area contributed by atoms with Crippen molar-refractivity contribution >= 4 is 10.9 Å². The number of phenolic OH excluding ortho intramolecular Hbond substituents is 1. The van der Waals surface area contributed by atoms with Gasteiger partial charge in [0.15, 0.2) is 0 Å². The standard InChI is InChI=1S/C11H13NO/c1-7(2)10-5-8(13)6-11-9(10)3-4-12-11/h3-7,12-13H,1-2H3. The molecule has 2 N–H and O–H groups in total. The number of H-pyrrole nitrogens is 1. The summed E-state index contributed by atoms with van der Waals surface area (Å²) < 4.78 is 0. The average molecular weight is 175 g/mol. The molecule has 0 radical (unpaired) electrons. The van der Waals surface area contributed by atoms with E-state index in [9.17, 15) is 5.11 Å². The van der Waals surface area contributed by atoms with E-state index in [4.69, 9.17) is 0 Å². The molecule has 0 aliphatic carbocycles. The molecule has 1 heterocycles. The Kier molecular flexibility index (Phi) is 1.76. The number of benzene rings is 1. The fourth-order valence-electron chi connectivity index (χ4n) is 1.66. The third kappa shape index (κ3) is 1.28. The van der Waals surface area contributed by atoms with E-state index in [0.29, 0.717) is 11.7 Å². The van der Waals surface area contributed by atoms with Crippen molar-refractivity contribution in [3.05, 3.63) is 30.0 Å². The summed E-state index contributed by atoms with van der Waals surface area (Å²) in [6.45, 7) is 4.25. The maximum absolute atomic E-state index is 9.46. The van der Waals surface area contributed by atoms with E-state index in [2.05, 4.69) is 18.8 Å². The van der Waals surface area contributed by atoms with Gasteiger partial charge in [0, 0.05) is 23.2 Å². The first-order valence-electron chi connectivity index (χ1n) is 4.48. The summed E-state index contributed by atoms with van der Waals surface area (Å²) in [5, 5.41) is 10.7. The number of rotatable bonds is 1. The van der Waals surface area contributed by atoms with Gasteiger partial charge in [-0.25, -0.2) is 0 Å². The van der Waals surface area contributed by atoms with Crippen LogP contribution in [-0.2, 0) is 0 Å². The van der Waals surface area contributed by atoms with Crippen molar-refractivity contribution < 1.29 is 5.11 Å². The SMILES string of the molecule is CC(C)c1cc(O)cc2[nH]ccc12. The molecule has 2 nitrogen and oxygen atoms in total. The molecule has 0 fully saturated rings. The topological polar surface area (TPSA) is 36.0 Å². The van der Waals surface area contributed by atoms with Crippen LogP contribution in [0.25, 0.3) is 10.9 Å². The fraction of sp³-hybridized carbons (Fsp3) is 0.273. The van der Waals surface area contributed by atoms with Gasteiger partial charge < -0.3 is 10.1 Å². The second kappa shape index (κ2) is 2.80. The van der Waals surface area contributed by atoms with E-state index in [1.165, 1.54) is 10.9 Å². The maximum atomic E-state index is 9.46. The lowest BCUT2D eigenvalue weighted by molar-refractivity contribution is 0.475. The molecule has 2 heteroatoms. The average Bonchev–Trinajstić information content (AvgIpc) is 2.49. The van der Waals surface area contributed by atoms with Crippen LogP contribution >= 0.6 is 0 Å². The number of aromatic hydroxyl groups is 1. The van der Waals surface area contributed by atoms with Gasteiger partial charge in [0.25, 0.3) is 0 Å². The number of hydrogen-bond donors (Lipinski definition) is 2. The van der Waals surface area contributed by atoms with E-state index in [1.807, 2.05) is 18.3 Å². The quantitative estimate of drug-likeness (QED) is 0.686. The molecule has 0 bridgehead atoms. The highest BCUT2D eigenvalue weighted by molar-refractivity contribution is 5.84. The highest BCUT2D eigenvalue weighted by Crippen LogP contribution is 2.28. The first-order chi connectivity index (χ1) is 6.18. The predicted molar refractivity (Wildman–Crippen MR) is 54.1 cm³/mol. The molecule has 13 heavy (non-hydrogen) atoms. The van der Waals surface area contributed by atoms with Crippen LogP contribution in [0, 0.1) is 0 Å². The summed E-state index contributed by atoms with van der Waals surface area (Å²) in [7, 11) is 0. The number of hydrogen-bond acceptors (Lipinski definition) is 1. The van der Waals surface area contributed by atoms with E-state index in [0.717, 1.165) is 5.52 Å². The zero-order chi connectivity index (χ0) is 9.42. The monoisotopic (exact) mass is 175 g/mol. The van der Waals surface area contributed by atoms with Gasteiger partial charge in [-0.1, -0.05) is 13.8 Å². The minimum Gasteiger partial charge on any atom is -0.508 e. The van der Waals surface area contributed by atoms with Gasteiger partial charge in [-0.2, -0.15) is 0 Å². The Hall–Kier alpha value is -1.44. The molecular formula is C11H13NO. The molecule has 2 rings (SSSR count). The Labute approximate surface area is 77.2 Å². The molecule has 2 aromatic rings. The fourth-order valence-corrected chi connectivity index (χ4v) is 1.66. The van der Waals surface area contributed by atoms with Crippen LogP contribution in [0.2, 0.25) is 0 Å². The van der Waals surface area contributed by atoms with Crippen LogP contribution in [0.4, 0.5) is 0 Å². The summed E-state index contributed by atoms with van der Waals surface area (Å²) in [4.78, 5) is 3.10. The molecular weight excluding hydrogens is 162 g/mol. The van der Waals surface area contributed by atoms with Crippen LogP contribution in [0.15, 0.2) is 24.4 Å². The Morgan fingerprint density at radius 2 is 2.08 bits per heavy atom. The Morgan fingerprint density at radius 3 is 2.77 bits per heavy atom. The van der Waals surface area contributed by atoms with Crippen molar-refractivity contribution in [3.63, 3.8) is 0 Å². The highest BCUT2D eigenvalue weighted by atomic mass is 16.3. The van der Waals surface area contributed by atoms with Crippen molar-refractivity contribution in [3.8, 4) is 5.75 Å². The third-order valence-electron chi connectivity index (χ3n) is 2.31.